The smallest absolute Gasteiger partial charge is 0.419 e. The van der Waals surface area contributed by atoms with Crippen LogP contribution in [0.1, 0.15) is 79.8 Å². The maximum absolute atomic E-state index is 13.5. The first-order chi connectivity index (χ1) is 35.4. The van der Waals surface area contributed by atoms with E-state index in [0.29, 0.717) is 60.9 Å². The third-order valence-electron chi connectivity index (χ3n) is 13.2. The number of nitrogens with one attached hydrogen (secondary N) is 4. The van der Waals surface area contributed by atoms with E-state index in [9.17, 15) is 19.2 Å². The first-order valence-corrected chi connectivity index (χ1v) is 26.0. The number of likely N-dealkylation sites (tertiary alicyclic amines) is 1. The van der Waals surface area contributed by atoms with Gasteiger partial charge in [0.25, 0.3) is 0 Å². The molecule has 2 aliphatic rings. The van der Waals surface area contributed by atoms with Crippen molar-refractivity contribution in [2.45, 2.75) is 91.5 Å². The fraction of sp³-hybridized carbons (Fsp3) is 0.345. The maximum atomic E-state index is 13.5. The number of hydrogen-bond donors (Lipinski definition) is 4. The SMILES string of the molecule is CC(C)(C)OC(=O)N1CCC(C(=O)NCc2ccc3c(c2)cc(-c2cc4ccccc4nc2Cl)n3C(=O)OC(C)(C)C)CC1.O=C(NCc1ccc2[nH]c(-c3cc4ccccc4nc3Cl)cc2c1)C1CCNCC1.[2HH]. The van der Waals surface area contributed by atoms with Crippen LogP contribution in [0.25, 0.3) is 66.1 Å². The Kier molecular flexibility index (Phi) is 15.3. The predicted octanol–water partition coefficient (Wildman–Crippen LogP) is 12.5. The lowest BCUT2D eigenvalue weighted by Gasteiger charge is -2.32. The number of para-hydroxylation sites is 2. The summed E-state index contributed by atoms with van der Waals surface area (Å²) in [4.78, 5) is 65.5. The van der Waals surface area contributed by atoms with Gasteiger partial charge in [-0.15, -0.1) is 0 Å². The number of H-pyrrole nitrogens is 1. The highest BCUT2D eigenvalue weighted by Crippen LogP contribution is 2.36. The van der Waals surface area contributed by atoms with E-state index in [1.165, 1.54) is 4.57 Å². The van der Waals surface area contributed by atoms with Gasteiger partial charge in [0, 0.05) is 83.3 Å². The molecule has 386 valence electrons. The number of aromatic amines is 1. The topological polar surface area (TPSA) is 173 Å². The Morgan fingerprint density at radius 3 is 1.76 bits per heavy atom. The van der Waals surface area contributed by atoms with E-state index < -0.39 is 17.3 Å². The van der Waals surface area contributed by atoms with Gasteiger partial charge in [-0.2, -0.15) is 0 Å². The number of benzene rings is 4. The zero-order chi connectivity index (χ0) is 52.3. The molecule has 74 heavy (non-hydrogen) atoms. The lowest BCUT2D eigenvalue weighted by molar-refractivity contribution is -0.127. The Morgan fingerprint density at radius 1 is 0.622 bits per heavy atom. The molecule has 0 aliphatic carbocycles. The first kappa shape index (κ1) is 51.9. The van der Waals surface area contributed by atoms with Crippen molar-refractivity contribution in [2.24, 2.45) is 11.8 Å². The molecule has 16 heteroatoms. The van der Waals surface area contributed by atoms with Crippen molar-refractivity contribution in [3.8, 4) is 22.5 Å². The number of pyridine rings is 2. The van der Waals surface area contributed by atoms with Gasteiger partial charge < -0.3 is 35.3 Å². The van der Waals surface area contributed by atoms with E-state index in [2.05, 4.69) is 49.1 Å². The molecule has 0 saturated carbocycles. The number of halogens is 2. The van der Waals surface area contributed by atoms with Crippen molar-refractivity contribution < 1.29 is 30.1 Å². The quantitative estimate of drug-likeness (QED) is 0.108. The molecule has 2 saturated heterocycles. The van der Waals surface area contributed by atoms with Gasteiger partial charge in [-0.25, -0.2) is 24.1 Å². The summed E-state index contributed by atoms with van der Waals surface area (Å²) < 4.78 is 12.8. The maximum Gasteiger partial charge on any atom is 0.419 e. The minimum Gasteiger partial charge on any atom is -0.444 e. The number of carbonyl (C=O) groups excluding carboxylic acids is 4. The summed E-state index contributed by atoms with van der Waals surface area (Å²) in [6.07, 6.45) is 2.10. The zero-order valence-electron chi connectivity index (χ0n) is 42.6. The minimum atomic E-state index is -0.705. The van der Waals surface area contributed by atoms with Crippen molar-refractivity contribution in [2.75, 3.05) is 26.2 Å². The van der Waals surface area contributed by atoms with E-state index >= 15 is 0 Å². The molecular weight excluding hydrogens is 976 g/mol. The molecule has 0 spiro atoms. The van der Waals surface area contributed by atoms with Gasteiger partial charge in [-0.3, -0.25) is 9.59 Å². The van der Waals surface area contributed by atoms with Crippen LogP contribution in [0.3, 0.4) is 0 Å². The molecule has 2 aliphatic heterocycles. The molecule has 2 fully saturated rings. The Morgan fingerprint density at radius 2 is 1.15 bits per heavy atom. The molecule has 14 nitrogen and oxygen atoms in total. The van der Waals surface area contributed by atoms with E-state index in [4.69, 9.17) is 32.7 Å². The third-order valence-corrected chi connectivity index (χ3v) is 13.8. The number of fused-ring (bicyclic) bond motifs is 4. The summed E-state index contributed by atoms with van der Waals surface area (Å²) in [5.74, 6) is 0.0477. The number of amides is 3. The number of hydrogen-bond acceptors (Lipinski definition) is 9. The Hall–Kier alpha value is -7.00. The van der Waals surface area contributed by atoms with Crippen LogP contribution >= 0.6 is 23.2 Å². The average Bonchev–Trinajstić information content (AvgIpc) is 3.98. The van der Waals surface area contributed by atoms with Gasteiger partial charge in [0.2, 0.25) is 11.8 Å². The average molecular weight is 1040 g/mol. The number of aromatic nitrogens is 4. The van der Waals surface area contributed by atoms with Crippen LogP contribution in [0, 0.1) is 11.8 Å². The van der Waals surface area contributed by atoms with Gasteiger partial charge in [-0.05, 0) is 152 Å². The number of carbonyl (C=O) groups is 4. The van der Waals surface area contributed by atoms with Gasteiger partial charge in [0.15, 0.2) is 0 Å². The van der Waals surface area contributed by atoms with E-state index in [-0.39, 0.29) is 36.3 Å². The van der Waals surface area contributed by atoms with Crippen molar-refractivity contribution in [1.29, 1.82) is 0 Å². The van der Waals surface area contributed by atoms with Gasteiger partial charge >= 0.3 is 12.2 Å². The van der Waals surface area contributed by atoms with Crippen LogP contribution in [0.4, 0.5) is 9.59 Å². The summed E-state index contributed by atoms with van der Waals surface area (Å²) >= 11 is 13.1. The molecule has 4 aromatic carbocycles. The highest BCUT2D eigenvalue weighted by Gasteiger charge is 2.30. The molecule has 10 rings (SSSR count). The van der Waals surface area contributed by atoms with E-state index in [0.717, 1.165) is 86.4 Å². The van der Waals surface area contributed by atoms with Crippen molar-refractivity contribution in [1.82, 2.24) is 40.4 Å². The molecule has 3 amide bonds. The Labute approximate surface area is 442 Å². The number of rotatable bonds is 8. The number of ether oxygens (including phenoxy) is 2. The monoisotopic (exact) mass is 1040 g/mol. The van der Waals surface area contributed by atoms with Crippen molar-refractivity contribution >= 4 is 90.8 Å². The van der Waals surface area contributed by atoms with E-state index in [1.807, 2.05) is 133 Å². The zero-order valence-corrected chi connectivity index (χ0v) is 44.1. The molecule has 4 N–H and O–H groups in total. The van der Waals surface area contributed by atoms with Crippen molar-refractivity contribution in [3.63, 3.8) is 0 Å². The summed E-state index contributed by atoms with van der Waals surface area (Å²) in [5, 5.41) is 14.0. The lowest BCUT2D eigenvalue weighted by Crippen LogP contribution is -2.44. The van der Waals surface area contributed by atoms with Crippen LogP contribution in [-0.4, -0.2) is 85.8 Å². The predicted molar refractivity (Wildman–Crippen MR) is 295 cm³/mol. The lowest BCUT2D eigenvalue weighted by atomic mass is 9.96. The van der Waals surface area contributed by atoms with Crippen LogP contribution in [0.15, 0.2) is 109 Å². The summed E-state index contributed by atoms with van der Waals surface area (Å²) in [6, 6.07) is 35.5. The van der Waals surface area contributed by atoms with Crippen LogP contribution < -0.4 is 16.0 Å². The number of piperidine rings is 2. The fourth-order valence-corrected chi connectivity index (χ4v) is 9.96. The summed E-state index contributed by atoms with van der Waals surface area (Å²) in [7, 11) is 0. The molecule has 6 heterocycles. The first-order valence-electron chi connectivity index (χ1n) is 25.2. The molecule has 0 radical (unpaired) electrons. The highest BCUT2D eigenvalue weighted by atomic mass is 35.5. The second kappa shape index (κ2) is 21.8. The van der Waals surface area contributed by atoms with Crippen molar-refractivity contribution in [3.05, 3.63) is 131 Å². The van der Waals surface area contributed by atoms with E-state index in [1.54, 1.807) is 4.90 Å². The molecule has 0 unspecified atom stereocenters. The van der Waals surface area contributed by atoms with Gasteiger partial charge in [0.1, 0.15) is 21.5 Å². The van der Waals surface area contributed by atoms with Crippen LogP contribution in [0.2, 0.25) is 10.3 Å². The standard InChI is InChI=1S/C34H39ClN4O5.C24H23ClN4O.H2/c1-33(2,3)43-31(41)38-15-13-22(14-16-38)30(40)36-20-21-11-12-27-24(17-21)19-28(39(27)32(42)44-34(4,5)6)25-18-23-9-7-8-10-26(23)37-29(25)35;25-23-19(12-17-3-1-2-4-20(17)29-23)22-13-18-11-15(5-6-21(18)28-22)14-27-24(30)16-7-9-26-10-8-16;/h7-12,17-19,22H,13-16,20H2,1-6H3,(H,36,40);1-6,11-13,16,26,28H,7-10,14H2,(H,27,30);1H/i;;1+1. The Bertz CT molecular complexity index is 3400. The minimum absolute atomic E-state index is 0. The fourth-order valence-electron chi connectivity index (χ4n) is 9.47. The van der Waals surface area contributed by atoms with Gasteiger partial charge in [-0.1, -0.05) is 71.7 Å². The molecule has 8 aromatic rings. The summed E-state index contributed by atoms with van der Waals surface area (Å²) in [5.41, 5.74) is 7.02. The second-order valence-corrected chi connectivity index (χ2v) is 21.8. The Balaban J connectivity index is 0.000000210. The molecule has 0 atom stereocenters. The van der Waals surface area contributed by atoms with Crippen LogP contribution in [-0.2, 0) is 32.2 Å². The highest BCUT2D eigenvalue weighted by molar-refractivity contribution is 6.33. The normalized spacial score (nSPS) is 14.7. The molecule has 0 bridgehead atoms. The molecular formula is C58H64Cl2N8O6. The second-order valence-electron chi connectivity index (χ2n) is 21.1. The molecule has 4 aromatic heterocycles. The summed E-state index contributed by atoms with van der Waals surface area (Å²) in [6.45, 7) is 14.6. The third kappa shape index (κ3) is 12.3. The number of nitrogens with zero attached hydrogens (tertiary/aromatic N) is 4. The largest absolute Gasteiger partial charge is 0.444 e. The van der Waals surface area contributed by atoms with Gasteiger partial charge in [0.05, 0.1) is 22.2 Å². The van der Waals surface area contributed by atoms with Crippen LogP contribution in [0.5, 0.6) is 0 Å².